The summed E-state index contributed by atoms with van der Waals surface area (Å²) in [7, 11) is 2.24. The Hall–Kier alpha value is -0.860. The highest BCUT2D eigenvalue weighted by molar-refractivity contribution is 5.19. The lowest BCUT2D eigenvalue weighted by Crippen LogP contribution is -2.36. The van der Waals surface area contributed by atoms with Gasteiger partial charge < -0.3 is 10.2 Å². The zero-order chi connectivity index (χ0) is 13.7. The van der Waals surface area contributed by atoms with E-state index < -0.39 is 0 Å². The molecule has 1 N–H and O–H groups in total. The maximum Gasteiger partial charge on any atom is 0.0345 e. The van der Waals surface area contributed by atoms with Gasteiger partial charge >= 0.3 is 0 Å². The van der Waals surface area contributed by atoms with Crippen LogP contribution in [0.5, 0.6) is 0 Å². The average molecular weight is 260 g/mol. The molecule has 0 radical (unpaired) electrons. The first-order valence-electron chi connectivity index (χ1n) is 7.66. The van der Waals surface area contributed by atoms with Crippen LogP contribution in [-0.4, -0.2) is 31.1 Å². The summed E-state index contributed by atoms with van der Waals surface area (Å²) in [5.74, 6) is 0.628. The zero-order valence-electron chi connectivity index (χ0n) is 12.6. The Bertz CT molecular complexity index is 361. The standard InChI is InChI=1S/C17H28N2/c1-14(2)17(15-8-5-4-6-9-15)18-16-10-7-12-19(3)13-11-16/h4-6,8-9,14,16-18H,7,10-13H2,1-3H3. The van der Waals surface area contributed by atoms with E-state index in [2.05, 4.69) is 61.4 Å². The average Bonchev–Trinajstić information content (AvgIpc) is 2.61. The van der Waals surface area contributed by atoms with Crippen molar-refractivity contribution in [2.24, 2.45) is 5.92 Å². The molecule has 2 heteroatoms. The topological polar surface area (TPSA) is 15.3 Å². The third-order valence-electron chi connectivity index (χ3n) is 4.19. The lowest BCUT2D eigenvalue weighted by molar-refractivity contribution is 0.321. The van der Waals surface area contributed by atoms with Crippen LogP contribution in [0.2, 0.25) is 0 Å². The van der Waals surface area contributed by atoms with E-state index >= 15 is 0 Å². The van der Waals surface area contributed by atoms with E-state index in [1.165, 1.54) is 37.9 Å². The van der Waals surface area contributed by atoms with Crippen LogP contribution >= 0.6 is 0 Å². The highest BCUT2D eigenvalue weighted by Gasteiger charge is 2.21. The van der Waals surface area contributed by atoms with Crippen LogP contribution in [-0.2, 0) is 0 Å². The van der Waals surface area contributed by atoms with E-state index in [1.54, 1.807) is 0 Å². The molecule has 1 aliphatic rings. The van der Waals surface area contributed by atoms with Gasteiger partial charge in [-0.1, -0.05) is 44.2 Å². The highest BCUT2D eigenvalue weighted by Crippen LogP contribution is 2.24. The summed E-state index contributed by atoms with van der Waals surface area (Å²) in [5, 5.41) is 3.91. The van der Waals surface area contributed by atoms with Crippen molar-refractivity contribution in [3.8, 4) is 0 Å². The molecule has 2 atom stereocenters. The summed E-state index contributed by atoms with van der Waals surface area (Å²) in [5.41, 5.74) is 1.43. The first-order valence-corrected chi connectivity index (χ1v) is 7.66. The van der Waals surface area contributed by atoms with Crippen LogP contribution < -0.4 is 5.32 Å². The van der Waals surface area contributed by atoms with Gasteiger partial charge in [0, 0.05) is 12.1 Å². The van der Waals surface area contributed by atoms with Gasteiger partial charge in [-0.25, -0.2) is 0 Å². The number of hydrogen-bond donors (Lipinski definition) is 1. The highest BCUT2D eigenvalue weighted by atomic mass is 15.1. The van der Waals surface area contributed by atoms with Gasteiger partial charge in [0.25, 0.3) is 0 Å². The number of hydrogen-bond acceptors (Lipinski definition) is 2. The third-order valence-corrected chi connectivity index (χ3v) is 4.19. The van der Waals surface area contributed by atoms with Crippen molar-refractivity contribution in [3.63, 3.8) is 0 Å². The lowest BCUT2D eigenvalue weighted by atomic mass is 9.94. The quantitative estimate of drug-likeness (QED) is 0.892. The second-order valence-corrected chi connectivity index (χ2v) is 6.23. The minimum atomic E-state index is 0.481. The van der Waals surface area contributed by atoms with Gasteiger partial charge in [-0.05, 0) is 50.9 Å². The molecule has 1 saturated heterocycles. The molecular weight excluding hydrogens is 232 g/mol. The van der Waals surface area contributed by atoms with Crippen molar-refractivity contribution in [2.75, 3.05) is 20.1 Å². The van der Waals surface area contributed by atoms with Crippen molar-refractivity contribution in [2.45, 2.75) is 45.2 Å². The van der Waals surface area contributed by atoms with Crippen LogP contribution in [0.3, 0.4) is 0 Å². The number of rotatable bonds is 4. The minimum Gasteiger partial charge on any atom is -0.307 e. The van der Waals surface area contributed by atoms with Gasteiger partial charge in [-0.15, -0.1) is 0 Å². The molecule has 0 saturated carbocycles. The summed E-state index contributed by atoms with van der Waals surface area (Å²) in [4.78, 5) is 2.45. The summed E-state index contributed by atoms with van der Waals surface area (Å²) in [6, 6.07) is 12.0. The summed E-state index contributed by atoms with van der Waals surface area (Å²) < 4.78 is 0. The molecule has 2 unspecified atom stereocenters. The van der Waals surface area contributed by atoms with E-state index in [-0.39, 0.29) is 0 Å². The molecule has 106 valence electrons. The lowest BCUT2D eigenvalue weighted by Gasteiger charge is -2.28. The van der Waals surface area contributed by atoms with Crippen LogP contribution in [0.1, 0.15) is 44.7 Å². The van der Waals surface area contributed by atoms with Crippen molar-refractivity contribution in [1.29, 1.82) is 0 Å². The monoisotopic (exact) mass is 260 g/mol. The van der Waals surface area contributed by atoms with Gasteiger partial charge in [0.1, 0.15) is 0 Å². The largest absolute Gasteiger partial charge is 0.307 e. The molecule has 0 amide bonds. The SMILES string of the molecule is CC(C)C(NC1CCCN(C)CC1)c1ccccc1. The van der Waals surface area contributed by atoms with Crippen molar-refractivity contribution >= 4 is 0 Å². The smallest absolute Gasteiger partial charge is 0.0345 e. The normalized spacial score (nSPS) is 23.3. The van der Waals surface area contributed by atoms with Crippen LogP contribution in [0.4, 0.5) is 0 Å². The summed E-state index contributed by atoms with van der Waals surface area (Å²) in [6.07, 6.45) is 3.89. The van der Waals surface area contributed by atoms with Gasteiger partial charge in [0.2, 0.25) is 0 Å². The first-order chi connectivity index (χ1) is 9.16. The van der Waals surface area contributed by atoms with Gasteiger partial charge in [0.15, 0.2) is 0 Å². The molecule has 2 nitrogen and oxygen atoms in total. The Labute approximate surface area is 118 Å². The number of nitrogens with one attached hydrogen (secondary N) is 1. The van der Waals surface area contributed by atoms with E-state index in [1.807, 2.05) is 0 Å². The maximum atomic E-state index is 3.91. The van der Waals surface area contributed by atoms with E-state index in [0.717, 1.165) is 0 Å². The Morgan fingerprint density at radius 1 is 1.11 bits per heavy atom. The van der Waals surface area contributed by atoms with Gasteiger partial charge in [0.05, 0.1) is 0 Å². The Balaban J connectivity index is 2.01. The molecule has 0 aliphatic carbocycles. The molecule has 1 fully saturated rings. The Morgan fingerprint density at radius 2 is 1.84 bits per heavy atom. The molecule has 0 bridgehead atoms. The fraction of sp³-hybridized carbons (Fsp3) is 0.647. The molecule has 2 rings (SSSR count). The van der Waals surface area contributed by atoms with Crippen molar-refractivity contribution in [1.82, 2.24) is 10.2 Å². The second kappa shape index (κ2) is 7.06. The molecule has 19 heavy (non-hydrogen) atoms. The van der Waals surface area contributed by atoms with Gasteiger partial charge in [-0.2, -0.15) is 0 Å². The molecule has 1 aliphatic heterocycles. The van der Waals surface area contributed by atoms with Crippen molar-refractivity contribution in [3.05, 3.63) is 35.9 Å². The van der Waals surface area contributed by atoms with E-state index in [9.17, 15) is 0 Å². The van der Waals surface area contributed by atoms with Crippen LogP contribution in [0.25, 0.3) is 0 Å². The minimum absolute atomic E-state index is 0.481. The van der Waals surface area contributed by atoms with Crippen LogP contribution in [0, 0.1) is 5.92 Å². The number of benzene rings is 1. The third kappa shape index (κ3) is 4.32. The van der Waals surface area contributed by atoms with Gasteiger partial charge in [-0.3, -0.25) is 0 Å². The fourth-order valence-electron chi connectivity index (χ4n) is 2.99. The predicted molar refractivity (Wildman–Crippen MR) is 82.3 cm³/mol. The van der Waals surface area contributed by atoms with Crippen molar-refractivity contribution < 1.29 is 0 Å². The maximum absolute atomic E-state index is 3.91. The molecule has 0 aromatic heterocycles. The second-order valence-electron chi connectivity index (χ2n) is 6.23. The first kappa shape index (κ1) is 14.5. The summed E-state index contributed by atoms with van der Waals surface area (Å²) >= 11 is 0. The molecule has 0 spiro atoms. The Kier molecular flexibility index (Phi) is 5.41. The molecule has 1 heterocycles. The fourth-order valence-corrected chi connectivity index (χ4v) is 2.99. The molecule has 1 aromatic carbocycles. The molecule has 1 aromatic rings. The van der Waals surface area contributed by atoms with E-state index in [0.29, 0.717) is 18.0 Å². The molecular formula is C17H28N2. The number of nitrogens with zero attached hydrogens (tertiary/aromatic N) is 1. The van der Waals surface area contributed by atoms with E-state index in [4.69, 9.17) is 0 Å². The zero-order valence-corrected chi connectivity index (χ0v) is 12.6. The Morgan fingerprint density at radius 3 is 2.53 bits per heavy atom. The predicted octanol–water partition coefficient (Wildman–Crippen LogP) is 3.46. The summed E-state index contributed by atoms with van der Waals surface area (Å²) in [6.45, 7) is 7.09. The number of likely N-dealkylation sites (tertiary alicyclic amines) is 1. The van der Waals surface area contributed by atoms with Crippen LogP contribution in [0.15, 0.2) is 30.3 Å².